The number of amides is 1. The summed E-state index contributed by atoms with van der Waals surface area (Å²) in [5.74, 6) is -0.0663. The fourth-order valence-corrected chi connectivity index (χ4v) is 3.97. The first-order chi connectivity index (χ1) is 14.7. The van der Waals surface area contributed by atoms with Crippen molar-refractivity contribution >= 4 is 28.1 Å². The van der Waals surface area contributed by atoms with Crippen molar-refractivity contribution in [2.75, 3.05) is 17.3 Å². The van der Waals surface area contributed by atoms with E-state index in [0.29, 0.717) is 6.42 Å². The Hall–Kier alpha value is -3.51. The summed E-state index contributed by atoms with van der Waals surface area (Å²) in [6, 6.07) is 21.4. The molecule has 30 heavy (non-hydrogen) atoms. The van der Waals surface area contributed by atoms with E-state index in [2.05, 4.69) is 15.3 Å². The van der Waals surface area contributed by atoms with Gasteiger partial charge in [0.2, 0.25) is 5.91 Å². The number of carbonyl (C=O) groups is 1. The Balaban J connectivity index is 1.57. The number of benzene rings is 2. The molecule has 5 nitrogen and oxygen atoms in total. The van der Waals surface area contributed by atoms with Gasteiger partial charge in [0.25, 0.3) is 0 Å². The molecule has 0 bridgehead atoms. The van der Waals surface area contributed by atoms with Crippen molar-refractivity contribution in [3.05, 3.63) is 96.3 Å². The third-order valence-corrected chi connectivity index (χ3v) is 5.77. The Morgan fingerprint density at radius 3 is 2.53 bits per heavy atom. The molecule has 1 amide bonds. The van der Waals surface area contributed by atoms with Crippen LogP contribution in [0.4, 0.5) is 10.8 Å². The van der Waals surface area contributed by atoms with Crippen LogP contribution >= 0.6 is 11.3 Å². The van der Waals surface area contributed by atoms with Gasteiger partial charge >= 0.3 is 0 Å². The number of anilines is 2. The highest BCUT2D eigenvalue weighted by Crippen LogP contribution is 2.24. The normalized spacial score (nSPS) is 11.6. The molecule has 0 saturated carbocycles. The lowest BCUT2D eigenvalue weighted by atomic mass is 10.0. The van der Waals surface area contributed by atoms with Gasteiger partial charge < -0.3 is 10.2 Å². The molecular weight excluding hydrogens is 392 g/mol. The highest BCUT2D eigenvalue weighted by Gasteiger charge is 2.25. The zero-order chi connectivity index (χ0) is 20.8. The molecule has 0 saturated heterocycles. The second-order valence-electron chi connectivity index (χ2n) is 6.94. The molecule has 2 heterocycles. The van der Waals surface area contributed by atoms with E-state index in [-0.39, 0.29) is 11.9 Å². The van der Waals surface area contributed by atoms with Gasteiger partial charge in [0.15, 0.2) is 5.13 Å². The predicted molar refractivity (Wildman–Crippen MR) is 123 cm³/mol. The molecule has 1 atom stereocenters. The maximum atomic E-state index is 13.3. The van der Waals surface area contributed by atoms with Crippen LogP contribution in [0.5, 0.6) is 0 Å². The number of aromatic nitrogens is 2. The summed E-state index contributed by atoms with van der Waals surface area (Å²) < 4.78 is 0. The summed E-state index contributed by atoms with van der Waals surface area (Å²) in [6.45, 7) is 0. The maximum Gasteiger partial charge on any atom is 0.247 e. The van der Waals surface area contributed by atoms with Crippen LogP contribution in [0.3, 0.4) is 0 Å². The molecule has 4 rings (SSSR count). The molecule has 2 aromatic carbocycles. The Labute approximate surface area is 180 Å². The first kappa shape index (κ1) is 19.8. The van der Waals surface area contributed by atoms with Crippen LogP contribution in [0.1, 0.15) is 5.56 Å². The van der Waals surface area contributed by atoms with Crippen molar-refractivity contribution in [2.24, 2.45) is 0 Å². The molecule has 4 aromatic rings. The Morgan fingerprint density at radius 2 is 1.80 bits per heavy atom. The van der Waals surface area contributed by atoms with Gasteiger partial charge in [-0.15, -0.1) is 11.3 Å². The molecular formula is C24H22N4OS. The Morgan fingerprint density at radius 1 is 1.00 bits per heavy atom. The SMILES string of the molecule is CN(c1nccs1)[C@@H](Cc1ccccc1)C(=O)Nc1cccc(-c2ccncc2)c1. The van der Waals surface area contributed by atoms with Gasteiger partial charge in [-0.25, -0.2) is 4.98 Å². The quantitative estimate of drug-likeness (QED) is 0.468. The number of thiazole rings is 1. The monoisotopic (exact) mass is 414 g/mol. The molecule has 0 spiro atoms. The van der Waals surface area contributed by atoms with Crippen molar-refractivity contribution in [2.45, 2.75) is 12.5 Å². The van der Waals surface area contributed by atoms with Crippen molar-refractivity contribution in [3.63, 3.8) is 0 Å². The maximum absolute atomic E-state index is 13.3. The second kappa shape index (κ2) is 9.33. The van der Waals surface area contributed by atoms with Gasteiger partial charge in [-0.3, -0.25) is 9.78 Å². The number of carbonyl (C=O) groups excluding carboxylic acids is 1. The lowest BCUT2D eigenvalue weighted by Crippen LogP contribution is -2.43. The van der Waals surface area contributed by atoms with Crippen LogP contribution in [0.15, 0.2) is 90.7 Å². The lowest BCUT2D eigenvalue weighted by Gasteiger charge is -2.27. The molecule has 1 N–H and O–H groups in total. The smallest absolute Gasteiger partial charge is 0.247 e. The van der Waals surface area contributed by atoms with Gasteiger partial charge in [0.1, 0.15) is 6.04 Å². The molecule has 0 fully saturated rings. The van der Waals surface area contributed by atoms with E-state index < -0.39 is 0 Å². The summed E-state index contributed by atoms with van der Waals surface area (Å²) in [5.41, 5.74) is 3.96. The van der Waals surface area contributed by atoms with Crippen molar-refractivity contribution in [1.82, 2.24) is 9.97 Å². The topological polar surface area (TPSA) is 58.1 Å². The van der Waals surface area contributed by atoms with E-state index in [0.717, 1.165) is 27.5 Å². The van der Waals surface area contributed by atoms with Gasteiger partial charge in [-0.1, -0.05) is 42.5 Å². The van der Waals surface area contributed by atoms with Crippen LogP contribution in [0, 0.1) is 0 Å². The summed E-state index contributed by atoms with van der Waals surface area (Å²) in [5, 5.41) is 5.83. The summed E-state index contributed by atoms with van der Waals surface area (Å²) in [4.78, 5) is 23.7. The van der Waals surface area contributed by atoms with Crippen molar-refractivity contribution < 1.29 is 4.79 Å². The average molecular weight is 415 g/mol. The first-order valence-corrected chi connectivity index (χ1v) is 10.6. The summed E-state index contributed by atoms with van der Waals surface area (Å²) in [6.07, 6.45) is 5.87. The fourth-order valence-electron chi connectivity index (χ4n) is 3.31. The minimum absolute atomic E-state index is 0.0663. The highest BCUT2D eigenvalue weighted by atomic mass is 32.1. The largest absolute Gasteiger partial charge is 0.339 e. The predicted octanol–water partition coefficient (Wildman–Crippen LogP) is 4.89. The number of hydrogen-bond donors (Lipinski definition) is 1. The standard InChI is InChI=1S/C24H22N4OS/c1-28(24-26-14-15-30-24)22(16-18-6-3-2-4-7-18)23(29)27-21-9-5-8-20(17-21)19-10-12-25-13-11-19/h2-15,17,22H,16H2,1H3,(H,27,29)/t22-/m0/s1. The zero-order valence-electron chi connectivity index (χ0n) is 16.6. The van der Waals surface area contributed by atoms with Gasteiger partial charge in [0, 0.05) is 43.1 Å². The van der Waals surface area contributed by atoms with E-state index in [1.807, 2.05) is 84.1 Å². The fraction of sp³-hybridized carbons (Fsp3) is 0.125. The molecule has 0 aliphatic carbocycles. The molecule has 0 radical (unpaired) electrons. The second-order valence-corrected chi connectivity index (χ2v) is 7.81. The molecule has 0 unspecified atom stereocenters. The Bertz CT molecular complexity index is 1080. The highest BCUT2D eigenvalue weighted by molar-refractivity contribution is 7.13. The van der Waals surface area contributed by atoms with E-state index in [9.17, 15) is 4.79 Å². The van der Waals surface area contributed by atoms with Crippen molar-refractivity contribution in [3.8, 4) is 11.1 Å². The van der Waals surface area contributed by atoms with Gasteiger partial charge in [-0.2, -0.15) is 0 Å². The van der Waals surface area contributed by atoms with Crippen LogP contribution in [-0.2, 0) is 11.2 Å². The van der Waals surface area contributed by atoms with Crippen molar-refractivity contribution in [1.29, 1.82) is 0 Å². The number of nitrogens with zero attached hydrogens (tertiary/aromatic N) is 3. The van der Waals surface area contributed by atoms with Gasteiger partial charge in [0.05, 0.1) is 0 Å². The molecule has 6 heteroatoms. The average Bonchev–Trinajstić information content (AvgIpc) is 3.33. The van der Waals surface area contributed by atoms with Crippen LogP contribution in [0.2, 0.25) is 0 Å². The summed E-state index contributed by atoms with van der Waals surface area (Å²) in [7, 11) is 1.92. The molecule has 2 aromatic heterocycles. The summed E-state index contributed by atoms with van der Waals surface area (Å²) >= 11 is 1.52. The number of hydrogen-bond acceptors (Lipinski definition) is 5. The van der Waals surface area contributed by atoms with Crippen LogP contribution in [0.25, 0.3) is 11.1 Å². The third kappa shape index (κ3) is 4.72. The van der Waals surface area contributed by atoms with Crippen LogP contribution in [-0.4, -0.2) is 29.0 Å². The molecule has 0 aliphatic rings. The molecule has 0 aliphatic heterocycles. The van der Waals surface area contributed by atoms with E-state index in [1.54, 1.807) is 18.6 Å². The number of nitrogens with one attached hydrogen (secondary N) is 1. The third-order valence-electron chi connectivity index (χ3n) is 4.91. The van der Waals surface area contributed by atoms with E-state index in [1.165, 1.54) is 11.3 Å². The first-order valence-electron chi connectivity index (χ1n) is 9.68. The van der Waals surface area contributed by atoms with Gasteiger partial charge in [-0.05, 0) is 41.0 Å². The van der Waals surface area contributed by atoms with E-state index >= 15 is 0 Å². The Kier molecular flexibility index (Phi) is 6.15. The zero-order valence-corrected chi connectivity index (χ0v) is 17.4. The minimum atomic E-state index is -0.386. The number of pyridine rings is 1. The van der Waals surface area contributed by atoms with Crippen LogP contribution < -0.4 is 10.2 Å². The number of rotatable bonds is 7. The minimum Gasteiger partial charge on any atom is -0.339 e. The van der Waals surface area contributed by atoms with E-state index in [4.69, 9.17) is 0 Å². The lowest BCUT2D eigenvalue weighted by molar-refractivity contribution is -0.117. The molecule has 150 valence electrons. The number of likely N-dealkylation sites (N-methyl/N-ethyl adjacent to an activating group) is 1.